The van der Waals surface area contributed by atoms with E-state index in [0.29, 0.717) is 21.3 Å². The Morgan fingerprint density at radius 2 is 2.04 bits per heavy atom. The SMILES string of the molecule is CNC(=O)c1cccc(Cn2c(=O)c(O)c(C(=O)O)c3sccc32)c1. The minimum Gasteiger partial charge on any atom is -0.502 e. The summed E-state index contributed by atoms with van der Waals surface area (Å²) in [6, 6.07) is 8.37. The number of nitrogens with one attached hydrogen (secondary N) is 1. The van der Waals surface area contributed by atoms with Crippen molar-refractivity contribution in [3.05, 3.63) is 62.8 Å². The molecule has 2 heterocycles. The predicted molar refractivity (Wildman–Crippen MR) is 93.6 cm³/mol. The molecule has 7 nitrogen and oxygen atoms in total. The number of aromatic nitrogens is 1. The standard InChI is InChI=1S/C17H14N2O5S/c1-18-15(21)10-4-2-3-9(7-10)8-19-11-5-6-25-14(11)12(17(23)24)13(20)16(19)22/h2-7,20H,8H2,1H3,(H,18,21)(H,23,24). The van der Waals surface area contributed by atoms with Crippen molar-refractivity contribution < 1.29 is 19.8 Å². The highest BCUT2D eigenvalue weighted by atomic mass is 32.1. The van der Waals surface area contributed by atoms with Gasteiger partial charge in [-0.25, -0.2) is 4.79 Å². The van der Waals surface area contributed by atoms with Gasteiger partial charge >= 0.3 is 5.97 Å². The van der Waals surface area contributed by atoms with Crippen LogP contribution in [-0.2, 0) is 6.54 Å². The van der Waals surface area contributed by atoms with Crippen LogP contribution >= 0.6 is 11.3 Å². The molecule has 0 bridgehead atoms. The number of aromatic carboxylic acids is 1. The number of carbonyl (C=O) groups is 2. The number of thiophene rings is 1. The Balaban J connectivity index is 2.15. The minimum atomic E-state index is -1.35. The number of fused-ring (bicyclic) bond motifs is 1. The number of amides is 1. The molecule has 0 aliphatic carbocycles. The van der Waals surface area contributed by atoms with Gasteiger partial charge in [0.25, 0.3) is 11.5 Å². The number of pyridine rings is 1. The molecular weight excluding hydrogens is 344 g/mol. The van der Waals surface area contributed by atoms with Gasteiger partial charge in [0.05, 0.1) is 16.8 Å². The Morgan fingerprint density at radius 1 is 1.28 bits per heavy atom. The number of carboxylic acids is 1. The lowest BCUT2D eigenvalue weighted by Crippen LogP contribution is -2.23. The molecule has 0 fully saturated rings. The van der Waals surface area contributed by atoms with Gasteiger partial charge in [-0.2, -0.15) is 0 Å². The van der Waals surface area contributed by atoms with Gasteiger partial charge in [0.1, 0.15) is 5.56 Å². The summed E-state index contributed by atoms with van der Waals surface area (Å²) in [5.74, 6) is -2.39. The molecule has 0 atom stereocenters. The molecule has 0 aliphatic rings. The van der Waals surface area contributed by atoms with Crippen LogP contribution < -0.4 is 10.9 Å². The zero-order valence-corrected chi connectivity index (χ0v) is 14.0. The second-order valence-corrected chi connectivity index (χ2v) is 6.25. The third-order valence-electron chi connectivity index (χ3n) is 3.82. The first-order chi connectivity index (χ1) is 11.9. The number of carbonyl (C=O) groups excluding carboxylic acids is 1. The van der Waals surface area contributed by atoms with Crippen molar-refractivity contribution in [1.29, 1.82) is 0 Å². The van der Waals surface area contributed by atoms with Crippen molar-refractivity contribution in [3.8, 4) is 5.75 Å². The summed E-state index contributed by atoms with van der Waals surface area (Å²) >= 11 is 1.14. The smallest absolute Gasteiger partial charge is 0.341 e. The van der Waals surface area contributed by atoms with Crippen LogP contribution in [0.25, 0.3) is 10.2 Å². The number of nitrogens with zero attached hydrogens (tertiary/aromatic N) is 1. The fourth-order valence-electron chi connectivity index (χ4n) is 2.65. The zero-order chi connectivity index (χ0) is 18.1. The van der Waals surface area contributed by atoms with Gasteiger partial charge in [-0.3, -0.25) is 14.2 Å². The van der Waals surface area contributed by atoms with E-state index in [1.807, 2.05) is 0 Å². The Hall–Kier alpha value is -3.13. The summed E-state index contributed by atoms with van der Waals surface area (Å²) in [7, 11) is 1.52. The molecule has 3 N–H and O–H groups in total. The molecule has 25 heavy (non-hydrogen) atoms. The van der Waals surface area contributed by atoms with Crippen molar-refractivity contribution in [2.45, 2.75) is 6.54 Å². The first-order valence-electron chi connectivity index (χ1n) is 7.31. The number of rotatable bonds is 4. The lowest BCUT2D eigenvalue weighted by molar-refractivity contribution is 0.0695. The molecule has 0 aliphatic heterocycles. The molecule has 0 radical (unpaired) electrons. The molecule has 2 aromatic heterocycles. The van der Waals surface area contributed by atoms with E-state index in [1.165, 1.54) is 11.6 Å². The maximum absolute atomic E-state index is 12.5. The summed E-state index contributed by atoms with van der Waals surface area (Å²) in [6.45, 7) is 0.102. The van der Waals surface area contributed by atoms with E-state index in [4.69, 9.17) is 0 Å². The summed E-state index contributed by atoms with van der Waals surface area (Å²) in [5, 5.41) is 23.5. The van der Waals surface area contributed by atoms with Crippen molar-refractivity contribution in [1.82, 2.24) is 9.88 Å². The van der Waals surface area contributed by atoms with Crippen LogP contribution in [0.3, 0.4) is 0 Å². The van der Waals surface area contributed by atoms with Gasteiger partial charge in [0.15, 0.2) is 5.75 Å². The topological polar surface area (TPSA) is 109 Å². The van der Waals surface area contributed by atoms with Crippen LogP contribution in [0.1, 0.15) is 26.3 Å². The largest absolute Gasteiger partial charge is 0.502 e. The normalized spacial score (nSPS) is 10.8. The highest BCUT2D eigenvalue weighted by molar-refractivity contribution is 7.17. The lowest BCUT2D eigenvalue weighted by Gasteiger charge is -2.11. The van der Waals surface area contributed by atoms with E-state index < -0.39 is 17.3 Å². The third-order valence-corrected chi connectivity index (χ3v) is 4.74. The van der Waals surface area contributed by atoms with Crippen LogP contribution in [0.4, 0.5) is 0 Å². The van der Waals surface area contributed by atoms with E-state index in [1.54, 1.807) is 35.7 Å². The maximum Gasteiger partial charge on any atom is 0.341 e. The van der Waals surface area contributed by atoms with Gasteiger partial charge < -0.3 is 15.5 Å². The molecule has 1 aromatic carbocycles. The summed E-state index contributed by atoms with van der Waals surface area (Å²) < 4.78 is 1.63. The van der Waals surface area contributed by atoms with Gasteiger partial charge in [-0.15, -0.1) is 11.3 Å². The Bertz CT molecular complexity index is 1050. The minimum absolute atomic E-state index is 0.102. The Kier molecular flexibility index (Phi) is 4.28. The second-order valence-electron chi connectivity index (χ2n) is 5.33. The van der Waals surface area contributed by atoms with Crippen LogP contribution in [0.5, 0.6) is 5.75 Å². The Morgan fingerprint density at radius 3 is 2.72 bits per heavy atom. The molecule has 0 spiro atoms. The van der Waals surface area contributed by atoms with Gasteiger partial charge in [0.2, 0.25) is 0 Å². The van der Waals surface area contributed by atoms with Gasteiger partial charge in [-0.05, 0) is 29.1 Å². The van der Waals surface area contributed by atoms with Crippen molar-refractivity contribution in [3.63, 3.8) is 0 Å². The summed E-state index contributed by atoms with van der Waals surface area (Å²) in [5.41, 5.74) is 0.383. The summed E-state index contributed by atoms with van der Waals surface area (Å²) in [4.78, 5) is 35.6. The number of hydrogen-bond acceptors (Lipinski definition) is 5. The highest BCUT2D eigenvalue weighted by Gasteiger charge is 2.22. The molecule has 128 valence electrons. The van der Waals surface area contributed by atoms with E-state index in [2.05, 4.69) is 5.32 Å². The first kappa shape index (κ1) is 16.7. The predicted octanol–water partition coefficient (Wildman–Crippen LogP) is 1.87. The summed E-state index contributed by atoms with van der Waals surface area (Å²) in [6.07, 6.45) is 0. The van der Waals surface area contributed by atoms with E-state index >= 15 is 0 Å². The molecule has 0 unspecified atom stereocenters. The van der Waals surface area contributed by atoms with Crippen molar-refractivity contribution in [2.24, 2.45) is 0 Å². The molecule has 0 saturated heterocycles. The molecular formula is C17H14N2O5S. The molecule has 3 aromatic rings. The molecule has 1 amide bonds. The number of benzene rings is 1. The monoisotopic (exact) mass is 358 g/mol. The quantitative estimate of drug-likeness (QED) is 0.660. The van der Waals surface area contributed by atoms with Crippen LogP contribution in [0.2, 0.25) is 0 Å². The molecule has 8 heteroatoms. The number of aromatic hydroxyl groups is 1. The fraction of sp³-hybridized carbons (Fsp3) is 0.118. The van der Waals surface area contributed by atoms with Crippen molar-refractivity contribution >= 4 is 33.4 Å². The number of hydrogen-bond donors (Lipinski definition) is 3. The first-order valence-corrected chi connectivity index (χ1v) is 8.19. The second kappa shape index (κ2) is 6.40. The number of carboxylic acid groups (broad SMARTS) is 1. The van der Waals surface area contributed by atoms with Crippen molar-refractivity contribution in [2.75, 3.05) is 7.05 Å². The highest BCUT2D eigenvalue weighted by Crippen LogP contribution is 2.29. The van der Waals surface area contributed by atoms with Gasteiger partial charge in [0, 0.05) is 12.6 Å². The third kappa shape index (κ3) is 2.87. The van der Waals surface area contributed by atoms with Crippen LogP contribution in [0, 0.1) is 0 Å². The Labute approximate surface area is 145 Å². The van der Waals surface area contributed by atoms with E-state index in [9.17, 15) is 24.6 Å². The van der Waals surface area contributed by atoms with Crippen LogP contribution in [0.15, 0.2) is 40.5 Å². The van der Waals surface area contributed by atoms with E-state index in [-0.39, 0.29) is 18.0 Å². The van der Waals surface area contributed by atoms with E-state index in [0.717, 1.165) is 11.3 Å². The zero-order valence-electron chi connectivity index (χ0n) is 13.1. The average molecular weight is 358 g/mol. The fourth-order valence-corrected chi connectivity index (χ4v) is 3.58. The molecule has 0 saturated carbocycles. The maximum atomic E-state index is 12.5. The van der Waals surface area contributed by atoms with Crippen LogP contribution in [-0.4, -0.2) is 33.7 Å². The van der Waals surface area contributed by atoms with Gasteiger partial charge in [-0.1, -0.05) is 12.1 Å². The lowest BCUT2D eigenvalue weighted by atomic mass is 10.1. The molecule has 3 rings (SSSR count). The average Bonchev–Trinajstić information content (AvgIpc) is 3.07.